The number of nitrogens with zero attached hydrogens (tertiary/aromatic N) is 3. The van der Waals surface area contributed by atoms with Gasteiger partial charge in [-0.25, -0.2) is 4.98 Å². The molecule has 0 radical (unpaired) electrons. The van der Waals surface area contributed by atoms with E-state index >= 15 is 0 Å². The fourth-order valence-corrected chi connectivity index (χ4v) is 2.22. The van der Waals surface area contributed by atoms with Crippen molar-refractivity contribution in [2.45, 2.75) is 13.0 Å². The highest BCUT2D eigenvalue weighted by molar-refractivity contribution is 6.30. The Morgan fingerprint density at radius 2 is 1.95 bits per heavy atom. The van der Waals surface area contributed by atoms with Crippen LogP contribution in [0.4, 0.5) is 11.8 Å². The van der Waals surface area contributed by atoms with Crippen LogP contribution in [0.2, 0.25) is 5.02 Å². The van der Waals surface area contributed by atoms with E-state index in [1.54, 1.807) is 13.4 Å². The van der Waals surface area contributed by atoms with Gasteiger partial charge in [-0.2, -0.15) is 9.97 Å². The van der Waals surface area contributed by atoms with E-state index in [9.17, 15) is 0 Å². The van der Waals surface area contributed by atoms with Gasteiger partial charge in [0.05, 0.1) is 12.4 Å². The molecule has 0 aliphatic rings. The lowest BCUT2D eigenvalue weighted by Crippen LogP contribution is -2.10. The van der Waals surface area contributed by atoms with Crippen molar-refractivity contribution in [2.75, 3.05) is 17.7 Å². The molecule has 7 heteroatoms. The molecule has 0 amide bonds. The number of aromatic amines is 1. The largest absolute Gasteiger partial charge is 0.362 e. The zero-order chi connectivity index (χ0) is 14.8. The molecule has 3 rings (SSSR count). The summed E-state index contributed by atoms with van der Waals surface area (Å²) in [4.78, 5) is 16.0. The van der Waals surface area contributed by atoms with Crippen LogP contribution in [0.3, 0.4) is 0 Å². The number of imidazole rings is 1. The molecule has 1 unspecified atom stereocenters. The van der Waals surface area contributed by atoms with Gasteiger partial charge in [0.15, 0.2) is 11.5 Å². The molecule has 2 aromatic heterocycles. The summed E-state index contributed by atoms with van der Waals surface area (Å²) < 4.78 is 0. The van der Waals surface area contributed by atoms with E-state index in [4.69, 9.17) is 11.6 Å². The van der Waals surface area contributed by atoms with Crippen molar-refractivity contribution in [2.24, 2.45) is 0 Å². The molecule has 0 fully saturated rings. The highest BCUT2D eigenvalue weighted by atomic mass is 35.5. The van der Waals surface area contributed by atoms with Gasteiger partial charge in [0.2, 0.25) is 5.95 Å². The Kier molecular flexibility index (Phi) is 3.62. The molecule has 1 atom stereocenters. The molecule has 0 saturated heterocycles. The molecule has 108 valence electrons. The van der Waals surface area contributed by atoms with E-state index in [0.29, 0.717) is 17.4 Å². The van der Waals surface area contributed by atoms with Crippen LogP contribution >= 0.6 is 11.6 Å². The second-order valence-corrected chi connectivity index (χ2v) is 5.10. The first kappa shape index (κ1) is 13.6. The van der Waals surface area contributed by atoms with E-state index < -0.39 is 0 Å². The minimum Gasteiger partial charge on any atom is -0.362 e. The number of rotatable bonds is 4. The van der Waals surface area contributed by atoms with Crippen LogP contribution in [-0.4, -0.2) is 27.0 Å². The van der Waals surface area contributed by atoms with Crippen LogP contribution < -0.4 is 10.6 Å². The molecule has 0 aliphatic carbocycles. The second-order valence-electron chi connectivity index (χ2n) is 4.66. The van der Waals surface area contributed by atoms with Crippen molar-refractivity contribution in [3.63, 3.8) is 0 Å². The summed E-state index contributed by atoms with van der Waals surface area (Å²) in [5, 5.41) is 7.04. The summed E-state index contributed by atoms with van der Waals surface area (Å²) >= 11 is 5.92. The van der Waals surface area contributed by atoms with Crippen molar-refractivity contribution in [1.29, 1.82) is 0 Å². The third kappa shape index (κ3) is 2.75. The maximum absolute atomic E-state index is 5.92. The smallest absolute Gasteiger partial charge is 0.226 e. The topological polar surface area (TPSA) is 78.5 Å². The number of fused-ring (bicyclic) bond motifs is 1. The first-order valence-electron chi connectivity index (χ1n) is 6.58. The Morgan fingerprint density at radius 1 is 1.19 bits per heavy atom. The van der Waals surface area contributed by atoms with E-state index in [2.05, 4.69) is 37.5 Å². The molecule has 0 aliphatic heterocycles. The monoisotopic (exact) mass is 302 g/mol. The van der Waals surface area contributed by atoms with Crippen molar-refractivity contribution < 1.29 is 0 Å². The van der Waals surface area contributed by atoms with E-state index in [-0.39, 0.29) is 6.04 Å². The highest BCUT2D eigenvalue weighted by Crippen LogP contribution is 2.24. The van der Waals surface area contributed by atoms with Crippen molar-refractivity contribution >= 4 is 34.5 Å². The molecule has 1 aromatic carbocycles. The number of anilines is 2. The molecule has 6 nitrogen and oxygen atoms in total. The van der Waals surface area contributed by atoms with Gasteiger partial charge in [-0.1, -0.05) is 23.7 Å². The second kappa shape index (κ2) is 5.57. The minimum absolute atomic E-state index is 0.0772. The first-order valence-corrected chi connectivity index (χ1v) is 6.96. The predicted octanol–water partition coefficient (Wildman–Crippen LogP) is 3.22. The van der Waals surface area contributed by atoms with Crippen molar-refractivity contribution in [3.8, 4) is 0 Å². The van der Waals surface area contributed by atoms with Crippen LogP contribution in [0.1, 0.15) is 18.5 Å². The van der Waals surface area contributed by atoms with Crippen LogP contribution in [0.25, 0.3) is 11.2 Å². The maximum atomic E-state index is 5.92. The summed E-state index contributed by atoms with van der Waals surface area (Å²) in [5.74, 6) is 1.24. The molecular formula is C14H15ClN6. The van der Waals surface area contributed by atoms with E-state index in [1.165, 1.54) is 0 Å². The summed E-state index contributed by atoms with van der Waals surface area (Å²) in [6, 6.07) is 7.81. The Morgan fingerprint density at radius 3 is 2.67 bits per heavy atom. The zero-order valence-corrected chi connectivity index (χ0v) is 12.4. The first-order chi connectivity index (χ1) is 10.2. The number of halogens is 1. The highest BCUT2D eigenvalue weighted by Gasteiger charge is 2.12. The van der Waals surface area contributed by atoms with Crippen molar-refractivity contribution in [1.82, 2.24) is 19.9 Å². The lowest BCUT2D eigenvalue weighted by atomic mass is 10.1. The Bertz CT molecular complexity index is 752. The summed E-state index contributed by atoms with van der Waals surface area (Å²) in [6.45, 7) is 2.06. The summed E-state index contributed by atoms with van der Waals surface area (Å²) in [7, 11) is 1.78. The SMILES string of the molecule is CNc1nc(NC(C)c2ccc(Cl)cc2)c2[nH]cnc2n1. The molecular weight excluding hydrogens is 288 g/mol. The average molecular weight is 303 g/mol. The van der Waals surface area contributed by atoms with Gasteiger partial charge in [-0.15, -0.1) is 0 Å². The lowest BCUT2D eigenvalue weighted by molar-refractivity contribution is 0.875. The van der Waals surface area contributed by atoms with Gasteiger partial charge >= 0.3 is 0 Å². The lowest BCUT2D eigenvalue weighted by Gasteiger charge is -2.16. The molecule has 0 bridgehead atoms. The number of hydrogen-bond donors (Lipinski definition) is 3. The molecule has 3 aromatic rings. The van der Waals surface area contributed by atoms with E-state index in [1.807, 2.05) is 24.3 Å². The minimum atomic E-state index is 0.0772. The third-order valence-electron chi connectivity index (χ3n) is 3.23. The maximum Gasteiger partial charge on any atom is 0.226 e. The number of aromatic nitrogens is 4. The fraction of sp³-hybridized carbons (Fsp3) is 0.214. The van der Waals surface area contributed by atoms with Crippen LogP contribution in [0, 0.1) is 0 Å². The van der Waals surface area contributed by atoms with Gasteiger partial charge in [0.25, 0.3) is 0 Å². The van der Waals surface area contributed by atoms with Crippen LogP contribution in [0.15, 0.2) is 30.6 Å². The number of benzene rings is 1. The number of H-pyrrole nitrogens is 1. The van der Waals surface area contributed by atoms with Gasteiger partial charge in [-0.05, 0) is 24.6 Å². The normalized spacial score (nSPS) is 12.3. The molecule has 0 saturated carbocycles. The Hall–Kier alpha value is -2.34. The molecule has 21 heavy (non-hydrogen) atoms. The fourth-order valence-electron chi connectivity index (χ4n) is 2.09. The van der Waals surface area contributed by atoms with Gasteiger partial charge < -0.3 is 15.6 Å². The standard InChI is InChI=1S/C14H15ClN6/c1-8(9-3-5-10(15)6-4-9)19-13-11-12(18-7-17-11)20-14(16-2)21-13/h3-8H,1-2H3,(H3,16,17,18,19,20,21). The van der Waals surface area contributed by atoms with Crippen LogP contribution in [-0.2, 0) is 0 Å². The quantitative estimate of drug-likeness (QED) is 0.689. The Balaban J connectivity index is 1.93. The van der Waals surface area contributed by atoms with Gasteiger partial charge in [-0.3, -0.25) is 0 Å². The summed E-state index contributed by atoms with van der Waals surface area (Å²) in [5.41, 5.74) is 2.53. The van der Waals surface area contributed by atoms with E-state index in [0.717, 1.165) is 16.1 Å². The third-order valence-corrected chi connectivity index (χ3v) is 3.48. The van der Waals surface area contributed by atoms with Gasteiger partial charge in [0, 0.05) is 12.1 Å². The predicted molar refractivity (Wildman–Crippen MR) is 84.7 cm³/mol. The summed E-state index contributed by atoms with van der Waals surface area (Å²) in [6.07, 6.45) is 1.61. The Labute approximate surface area is 127 Å². The molecule has 0 spiro atoms. The van der Waals surface area contributed by atoms with Crippen LogP contribution in [0.5, 0.6) is 0 Å². The number of hydrogen-bond acceptors (Lipinski definition) is 5. The van der Waals surface area contributed by atoms with Crippen molar-refractivity contribution in [3.05, 3.63) is 41.2 Å². The average Bonchev–Trinajstić information content (AvgIpc) is 2.96. The molecule has 2 heterocycles. The van der Waals surface area contributed by atoms with Gasteiger partial charge in [0.1, 0.15) is 5.52 Å². The number of nitrogens with one attached hydrogen (secondary N) is 3. The zero-order valence-electron chi connectivity index (χ0n) is 11.7. The molecule has 3 N–H and O–H groups in total.